The van der Waals surface area contributed by atoms with E-state index < -0.39 is 0 Å². The SMILES string of the molecule is COc1c(Oc2ccnc(CC(=O)C3CC3)c2)cnc2nc(Cl)n(C)c12. The molecule has 0 amide bonds. The number of hydrogen-bond donors (Lipinski definition) is 0. The first-order valence-corrected chi connectivity index (χ1v) is 8.65. The number of pyridine rings is 2. The second kappa shape index (κ2) is 6.57. The van der Waals surface area contributed by atoms with Crippen LogP contribution in [0, 0.1) is 5.92 Å². The molecule has 7 nitrogen and oxygen atoms in total. The number of hydrogen-bond acceptors (Lipinski definition) is 6. The van der Waals surface area contributed by atoms with Gasteiger partial charge >= 0.3 is 0 Å². The summed E-state index contributed by atoms with van der Waals surface area (Å²) in [6.45, 7) is 0. The highest BCUT2D eigenvalue weighted by Crippen LogP contribution is 2.37. The molecule has 3 aromatic heterocycles. The van der Waals surface area contributed by atoms with Gasteiger partial charge in [0.25, 0.3) is 0 Å². The topological polar surface area (TPSA) is 79.1 Å². The van der Waals surface area contributed by atoms with Crippen LogP contribution in [-0.4, -0.2) is 32.4 Å². The third kappa shape index (κ3) is 3.10. The molecule has 0 bridgehead atoms. The van der Waals surface area contributed by atoms with Crippen LogP contribution in [0.1, 0.15) is 18.5 Å². The Hall–Kier alpha value is -2.67. The average molecular weight is 373 g/mol. The number of aromatic nitrogens is 4. The van der Waals surface area contributed by atoms with Gasteiger partial charge in [0.15, 0.2) is 17.1 Å². The molecule has 1 aliphatic rings. The number of fused-ring (bicyclic) bond motifs is 1. The first kappa shape index (κ1) is 16.8. The fraction of sp³-hybridized carbons (Fsp3) is 0.333. The van der Waals surface area contributed by atoms with E-state index in [2.05, 4.69) is 15.0 Å². The molecule has 0 unspecified atom stereocenters. The van der Waals surface area contributed by atoms with Gasteiger partial charge in [0.1, 0.15) is 17.0 Å². The maximum atomic E-state index is 12.0. The number of rotatable bonds is 6. The van der Waals surface area contributed by atoms with Crippen molar-refractivity contribution in [3.8, 4) is 17.2 Å². The average Bonchev–Trinajstić information content (AvgIpc) is 3.43. The van der Waals surface area contributed by atoms with E-state index in [1.165, 1.54) is 0 Å². The number of aryl methyl sites for hydroxylation is 1. The van der Waals surface area contributed by atoms with Gasteiger partial charge in [-0.05, 0) is 30.5 Å². The van der Waals surface area contributed by atoms with Crippen molar-refractivity contribution in [1.29, 1.82) is 0 Å². The fourth-order valence-corrected chi connectivity index (χ4v) is 3.00. The number of halogens is 1. The molecule has 1 fully saturated rings. The number of nitrogens with zero attached hydrogens (tertiary/aromatic N) is 4. The Morgan fingerprint density at radius 2 is 2.19 bits per heavy atom. The van der Waals surface area contributed by atoms with Crippen molar-refractivity contribution in [3.63, 3.8) is 0 Å². The zero-order chi connectivity index (χ0) is 18.3. The van der Waals surface area contributed by atoms with Gasteiger partial charge in [-0.3, -0.25) is 9.78 Å². The van der Waals surface area contributed by atoms with Crippen LogP contribution in [0.5, 0.6) is 17.2 Å². The lowest BCUT2D eigenvalue weighted by Gasteiger charge is -2.12. The predicted octanol–water partition coefficient (Wildman–Crippen LogP) is 3.34. The number of Topliss-reactive ketones (excluding diaryl/α,β-unsaturated/α-hetero) is 1. The van der Waals surface area contributed by atoms with Crippen molar-refractivity contribution in [3.05, 3.63) is 35.5 Å². The van der Waals surface area contributed by atoms with Gasteiger partial charge in [0.2, 0.25) is 5.28 Å². The molecular formula is C18H17ClN4O3. The summed E-state index contributed by atoms with van der Waals surface area (Å²) >= 11 is 6.07. The van der Waals surface area contributed by atoms with E-state index in [4.69, 9.17) is 21.1 Å². The molecule has 0 N–H and O–H groups in total. The molecule has 0 saturated heterocycles. The van der Waals surface area contributed by atoms with Crippen LogP contribution in [0.15, 0.2) is 24.5 Å². The molecule has 0 atom stereocenters. The summed E-state index contributed by atoms with van der Waals surface area (Å²) in [7, 11) is 3.33. The monoisotopic (exact) mass is 372 g/mol. The maximum Gasteiger partial charge on any atom is 0.205 e. The van der Waals surface area contributed by atoms with Crippen LogP contribution < -0.4 is 9.47 Å². The third-order valence-electron chi connectivity index (χ3n) is 4.37. The third-order valence-corrected chi connectivity index (χ3v) is 4.71. The standard InChI is InChI=1S/C18H17ClN4O3/c1-23-15-16(25-2)14(9-21-17(15)22-18(23)19)26-12-5-6-20-11(7-12)8-13(24)10-3-4-10/h5-7,9-10H,3-4,8H2,1-2H3. The van der Waals surface area contributed by atoms with Gasteiger partial charge in [-0.25, -0.2) is 4.98 Å². The van der Waals surface area contributed by atoms with Gasteiger partial charge in [0, 0.05) is 31.6 Å². The van der Waals surface area contributed by atoms with Crippen LogP contribution >= 0.6 is 11.6 Å². The highest BCUT2D eigenvalue weighted by Gasteiger charge is 2.29. The number of imidazole rings is 1. The van der Waals surface area contributed by atoms with E-state index in [1.54, 1.807) is 43.3 Å². The minimum Gasteiger partial charge on any atom is -0.491 e. The van der Waals surface area contributed by atoms with E-state index in [9.17, 15) is 4.79 Å². The minimum absolute atomic E-state index is 0.211. The Morgan fingerprint density at radius 3 is 2.92 bits per heavy atom. The van der Waals surface area contributed by atoms with Crippen molar-refractivity contribution in [2.24, 2.45) is 13.0 Å². The van der Waals surface area contributed by atoms with Crippen molar-refractivity contribution in [2.75, 3.05) is 7.11 Å². The molecule has 0 radical (unpaired) electrons. The molecule has 0 spiro atoms. The van der Waals surface area contributed by atoms with Crippen LogP contribution in [0.3, 0.4) is 0 Å². The Bertz CT molecular complexity index is 998. The summed E-state index contributed by atoms with van der Waals surface area (Å²) in [6, 6.07) is 3.49. The molecule has 0 aliphatic heterocycles. The van der Waals surface area contributed by atoms with Crippen LogP contribution in [-0.2, 0) is 18.3 Å². The van der Waals surface area contributed by atoms with E-state index in [1.807, 2.05) is 0 Å². The number of carbonyl (C=O) groups excluding carboxylic acids is 1. The molecular weight excluding hydrogens is 356 g/mol. The van der Waals surface area contributed by atoms with Crippen LogP contribution in [0.2, 0.25) is 5.28 Å². The first-order chi connectivity index (χ1) is 12.6. The summed E-state index contributed by atoms with van der Waals surface area (Å²) in [4.78, 5) is 24.7. The number of ether oxygens (including phenoxy) is 2. The highest BCUT2D eigenvalue weighted by molar-refractivity contribution is 6.29. The molecule has 8 heteroatoms. The number of methoxy groups -OCH3 is 1. The van der Waals surface area contributed by atoms with Crippen molar-refractivity contribution < 1.29 is 14.3 Å². The van der Waals surface area contributed by atoms with Gasteiger partial charge in [-0.2, -0.15) is 4.98 Å². The molecule has 26 heavy (non-hydrogen) atoms. The Labute approximate surface area is 154 Å². The second-order valence-corrected chi connectivity index (χ2v) is 6.61. The molecule has 3 heterocycles. The maximum absolute atomic E-state index is 12.0. The summed E-state index contributed by atoms with van der Waals surface area (Å²) in [5, 5.41) is 0.313. The lowest BCUT2D eigenvalue weighted by atomic mass is 10.1. The Balaban J connectivity index is 1.64. The summed E-state index contributed by atoms with van der Waals surface area (Å²) in [5.74, 6) is 1.93. The Morgan fingerprint density at radius 1 is 1.38 bits per heavy atom. The summed E-state index contributed by atoms with van der Waals surface area (Å²) in [6.07, 6.45) is 5.48. The number of ketones is 1. The first-order valence-electron chi connectivity index (χ1n) is 8.27. The van der Waals surface area contributed by atoms with Gasteiger partial charge in [-0.1, -0.05) is 0 Å². The Kier molecular flexibility index (Phi) is 4.24. The van der Waals surface area contributed by atoms with Crippen LogP contribution in [0.25, 0.3) is 11.2 Å². The molecule has 1 aliphatic carbocycles. The largest absolute Gasteiger partial charge is 0.491 e. The van der Waals surface area contributed by atoms with Crippen molar-refractivity contribution >= 4 is 28.5 Å². The molecule has 3 aromatic rings. The quantitative estimate of drug-likeness (QED) is 0.660. The zero-order valence-corrected chi connectivity index (χ0v) is 15.2. The van der Waals surface area contributed by atoms with Gasteiger partial charge < -0.3 is 14.0 Å². The highest BCUT2D eigenvalue weighted by atomic mass is 35.5. The smallest absolute Gasteiger partial charge is 0.205 e. The van der Waals surface area contributed by atoms with Crippen molar-refractivity contribution in [1.82, 2.24) is 19.5 Å². The van der Waals surface area contributed by atoms with Crippen molar-refractivity contribution in [2.45, 2.75) is 19.3 Å². The minimum atomic E-state index is 0.211. The van der Waals surface area contributed by atoms with E-state index in [-0.39, 0.29) is 11.7 Å². The zero-order valence-electron chi connectivity index (χ0n) is 14.4. The number of carbonyl (C=O) groups is 1. The molecule has 0 aromatic carbocycles. The molecule has 1 saturated carbocycles. The lowest BCUT2D eigenvalue weighted by Crippen LogP contribution is -2.06. The molecule has 4 rings (SSSR count). The van der Waals surface area contributed by atoms with Crippen LogP contribution in [0.4, 0.5) is 0 Å². The fourth-order valence-electron chi connectivity index (χ4n) is 2.84. The molecule has 134 valence electrons. The van der Waals surface area contributed by atoms with E-state index in [0.29, 0.717) is 45.8 Å². The van der Waals surface area contributed by atoms with Gasteiger partial charge in [0.05, 0.1) is 19.0 Å². The van der Waals surface area contributed by atoms with Gasteiger partial charge in [-0.15, -0.1) is 0 Å². The summed E-state index contributed by atoms with van der Waals surface area (Å²) < 4.78 is 13.1. The normalized spacial score (nSPS) is 13.8. The van der Waals surface area contributed by atoms with E-state index in [0.717, 1.165) is 12.8 Å². The van der Waals surface area contributed by atoms with E-state index >= 15 is 0 Å². The predicted molar refractivity (Wildman–Crippen MR) is 95.8 cm³/mol. The lowest BCUT2D eigenvalue weighted by molar-refractivity contribution is -0.119. The second-order valence-electron chi connectivity index (χ2n) is 6.27. The summed E-state index contributed by atoms with van der Waals surface area (Å²) in [5.41, 5.74) is 1.82.